The fourth-order valence-corrected chi connectivity index (χ4v) is 4.02. The van der Waals surface area contributed by atoms with Gasteiger partial charge in [0, 0.05) is 23.3 Å². The van der Waals surface area contributed by atoms with Gasteiger partial charge in [0.1, 0.15) is 0 Å². The topological polar surface area (TPSA) is 76.4 Å². The highest BCUT2D eigenvalue weighted by atomic mass is 35.5. The van der Waals surface area contributed by atoms with Crippen LogP contribution >= 0.6 is 11.6 Å². The van der Waals surface area contributed by atoms with Crippen molar-refractivity contribution in [1.29, 1.82) is 0 Å². The van der Waals surface area contributed by atoms with Crippen molar-refractivity contribution < 1.29 is 8.42 Å². The highest BCUT2D eigenvalue weighted by molar-refractivity contribution is 7.89. The van der Waals surface area contributed by atoms with Gasteiger partial charge in [0.15, 0.2) is 5.65 Å². The molecule has 0 aliphatic heterocycles. The van der Waals surface area contributed by atoms with Crippen molar-refractivity contribution >= 4 is 27.3 Å². The lowest BCUT2D eigenvalue weighted by molar-refractivity contribution is 0.581. The number of nitrogens with zero attached hydrogens (tertiary/aromatic N) is 3. The number of benzene rings is 2. The van der Waals surface area contributed by atoms with E-state index in [-0.39, 0.29) is 11.4 Å². The summed E-state index contributed by atoms with van der Waals surface area (Å²) < 4.78 is 29.2. The Hall–Kier alpha value is -2.74. The number of rotatable bonds is 5. The van der Waals surface area contributed by atoms with E-state index >= 15 is 0 Å². The van der Waals surface area contributed by atoms with Crippen molar-refractivity contribution in [2.75, 3.05) is 0 Å². The fourth-order valence-electron chi connectivity index (χ4n) is 2.71. The minimum Gasteiger partial charge on any atom is -0.227 e. The molecule has 0 fully saturated rings. The van der Waals surface area contributed by atoms with E-state index in [9.17, 15) is 8.42 Å². The number of imidazole rings is 1. The molecule has 136 valence electrons. The summed E-state index contributed by atoms with van der Waals surface area (Å²) in [4.78, 5) is 4.67. The molecular weight excluding hydrogens is 384 g/mol. The molecule has 0 saturated carbocycles. The highest BCUT2D eigenvalue weighted by Gasteiger charge is 2.14. The first kappa shape index (κ1) is 17.7. The largest absolute Gasteiger partial charge is 0.240 e. The van der Waals surface area contributed by atoms with Gasteiger partial charge in [-0.2, -0.15) is 5.10 Å². The lowest BCUT2D eigenvalue weighted by Gasteiger charge is -2.08. The van der Waals surface area contributed by atoms with Crippen molar-refractivity contribution in [3.63, 3.8) is 0 Å². The summed E-state index contributed by atoms with van der Waals surface area (Å²) >= 11 is 5.88. The Kier molecular flexibility index (Phi) is 4.65. The molecule has 0 bridgehead atoms. The Bertz CT molecular complexity index is 1190. The monoisotopic (exact) mass is 398 g/mol. The van der Waals surface area contributed by atoms with Crippen LogP contribution in [0.1, 0.15) is 5.56 Å². The molecule has 27 heavy (non-hydrogen) atoms. The highest BCUT2D eigenvalue weighted by Crippen LogP contribution is 2.20. The normalized spacial score (nSPS) is 11.7. The molecule has 8 heteroatoms. The van der Waals surface area contributed by atoms with Crippen LogP contribution in [0.15, 0.2) is 78.0 Å². The van der Waals surface area contributed by atoms with Crippen LogP contribution in [-0.4, -0.2) is 23.0 Å². The van der Waals surface area contributed by atoms with Crippen molar-refractivity contribution in [1.82, 2.24) is 19.3 Å². The molecule has 0 saturated heterocycles. The van der Waals surface area contributed by atoms with E-state index in [1.54, 1.807) is 22.8 Å². The van der Waals surface area contributed by atoms with Crippen molar-refractivity contribution in [2.24, 2.45) is 0 Å². The zero-order valence-corrected chi connectivity index (χ0v) is 15.7. The summed E-state index contributed by atoms with van der Waals surface area (Å²) in [5.41, 5.74) is 3.23. The Labute approximate surface area is 161 Å². The molecule has 0 spiro atoms. The molecule has 0 aliphatic carbocycles. The van der Waals surface area contributed by atoms with Crippen molar-refractivity contribution in [2.45, 2.75) is 11.4 Å². The first-order valence-electron chi connectivity index (χ1n) is 8.16. The summed E-state index contributed by atoms with van der Waals surface area (Å²) in [5, 5.41) is 4.59. The van der Waals surface area contributed by atoms with Gasteiger partial charge in [-0.25, -0.2) is 22.6 Å². The van der Waals surface area contributed by atoms with Crippen LogP contribution in [0, 0.1) is 0 Å². The van der Waals surface area contributed by atoms with Crippen molar-refractivity contribution in [3.8, 4) is 11.3 Å². The smallest absolute Gasteiger partial charge is 0.227 e. The van der Waals surface area contributed by atoms with Gasteiger partial charge in [0.25, 0.3) is 0 Å². The molecule has 0 radical (unpaired) electrons. The maximum absolute atomic E-state index is 12.4. The quantitative estimate of drug-likeness (QED) is 0.558. The summed E-state index contributed by atoms with van der Waals surface area (Å²) in [6.45, 7) is 0.161. The van der Waals surface area contributed by atoms with Gasteiger partial charge in [-0.3, -0.25) is 0 Å². The molecule has 1 N–H and O–H groups in total. The zero-order valence-electron chi connectivity index (χ0n) is 14.1. The SMILES string of the molecule is O=S(=O)(NCc1cccc(-c2cn3ncccc3n2)c1)c1cccc(Cl)c1. The van der Waals surface area contributed by atoms with E-state index in [1.807, 2.05) is 42.6 Å². The van der Waals surface area contributed by atoms with Crippen LogP contribution in [0.25, 0.3) is 16.9 Å². The fraction of sp³-hybridized carbons (Fsp3) is 0.0526. The Morgan fingerprint density at radius 1 is 1.04 bits per heavy atom. The van der Waals surface area contributed by atoms with Crippen LogP contribution in [0.5, 0.6) is 0 Å². The van der Waals surface area contributed by atoms with Gasteiger partial charge >= 0.3 is 0 Å². The maximum atomic E-state index is 12.4. The van der Waals surface area contributed by atoms with Gasteiger partial charge in [-0.15, -0.1) is 0 Å². The van der Waals surface area contributed by atoms with Gasteiger partial charge in [0.2, 0.25) is 10.0 Å². The number of hydrogen-bond acceptors (Lipinski definition) is 4. The Morgan fingerprint density at radius 3 is 2.70 bits per heavy atom. The predicted molar refractivity (Wildman–Crippen MR) is 104 cm³/mol. The molecule has 4 aromatic rings. The third kappa shape index (κ3) is 3.85. The lowest BCUT2D eigenvalue weighted by Crippen LogP contribution is -2.23. The second kappa shape index (κ2) is 7.11. The average Bonchev–Trinajstić information content (AvgIpc) is 3.11. The maximum Gasteiger partial charge on any atom is 0.240 e. The molecule has 0 unspecified atom stereocenters. The Balaban J connectivity index is 1.56. The molecule has 4 rings (SSSR count). The van der Waals surface area contributed by atoms with E-state index in [1.165, 1.54) is 12.1 Å². The van der Waals surface area contributed by atoms with Crippen LogP contribution in [0.4, 0.5) is 0 Å². The van der Waals surface area contributed by atoms with Crippen LogP contribution in [0.3, 0.4) is 0 Å². The van der Waals surface area contributed by atoms with E-state index in [0.717, 1.165) is 22.5 Å². The van der Waals surface area contributed by atoms with E-state index in [0.29, 0.717) is 5.02 Å². The van der Waals surface area contributed by atoms with Crippen LogP contribution < -0.4 is 4.72 Å². The second-order valence-electron chi connectivity index (χ2n) is 5.93. The number of hydrogen-bond donors (Lipinski definition) is 1. The Morgan fingerprint density at radius 2 is 1.89 bits per heavy atom. The predicted octanol–water partition coefficient (Wildman–Crippen LogP) is 3.53. The molecule has 0 atom stereocenters. The number of halogens is 1. The summed E-state index contributed by atoms with van der Waals surface area (Å²) in [7, 11) is -3.64. The van der Waals surface area contributed by atoms with Gasteiger partial charge < -0.3 is 0 Å². The third-order valence-electron chi connectivity index (χ3n) is 4.03. The molecule has 0 amide bonds. The number of sulfonamides is 1. The standard InChI is InChI=1S/C19H15ClN4O2S/c20-16-6-2-7-17(11-16)27(25,26)22-12-14-4-1-5-15(10-14)18-13-24-19(23-18)8-3-9-21-24/h1-11,13,22H,12H2. The van der Waals surface area contributed by atoms with Gasteiger partial charge in [0.05, 0.1) is 16.8 Å². The first-order valence-corrected chi connectivity index (χ1v) is 10.0. The molecule has 2 aromatic carbocycles. The van der Waals surface area contributed by atoms with Gasteiger partial charge in [-0.1, -0.05) is 35.9 Å². The number of aromatic nitrogens is 3. The summed E-state index contributed by atoms with van der Waals surface area (Å²) in [5.74, 6) is 0. The van der Waals surface area contributed by atoms with Gasteiger partial charge in [-0.05, 0) is 42.0 Å². The minimum atomic E-state index is -3.64. The minimum absolute atomic E-state index is 0.137. The molecular formula is C19H15ClN4O2S. The number of nitrogens with one attached hydrogen (secondary N) is 1. The first-order chi connectivity index (χ1) is 13.0. The number of fused-ring (bicyclic) bond motifs is 1. The van der Waals surface area contributed by atoms with E-state index in [4.69, 9.17) is 11.6 Å². The van der Waals surface area contributed by atoms with E-state index < -0.39 is 10.0 Å². The summed E-state index contributed by atoms with van der Waals surface area (Å²) in [6, 6.07) is 17.4. The van der Waals surface area contributed by atoms with Crippen LogP contribution in [-0.2, 0) is 16.6 Å². The molecule has 2 heterocycles. The molecule has 6 nitrogen and oxygen atoms in total. The third-order valence-corrected chi connectivity index (χ3v) is 5.67. The molecule has 0 aliphatic rings. The summed E-state index contributed by atoms with van der Waals surface area (Å²) in [6.07, 6.45) is 3.53. The zero-order chi connectivity index (χ0) is 18.9. The average molecular weight is 399 g/mol. The van der Waals surface area contributed by atoms with Crippen LogP contribution in [0.2, 0.25) is 5.02 Å². The molecule has 2 aromatic heterocycles. The van der Waals surface area contributed by atoms with E-state index in [2.05, 4.69) is 14.8 Å². The van der Waals surface area contributed by atoms with Crippen molar-refractivity contribution in [3.05, 3.63) is 83.6 Å². The second-order valence-corrected chi connectivity index (χ2v) is 8.14. The lowest BCUT2D eigenvalue weighted by atomic mass is 10.1.